The normalized spacial score (nSPS) is 14.3. The summed E-state index contributed by atoms with van der Waals surface area (Å²) < 4.78 is 21.7. The summed E-state index contributed by atoms with van der Waals surface area (Å²) >= 11 is 0. The highest BCUT2D eigenvalue weighted by Gasteiger charge is 2.28. The van der Waals surface area contributed by atoms with Gasteiger partial charge in [0.05, 0.1) is 7.11 Å². The number of carbonyl (C=O) groups is 1. The summed E-state index contributed by atoms with van der Waals surface area (Å²) in [5, 5.41) is 0.526. The first-order chi connectivity index (χ1) is 7.12. The van der Waals surface area contributed by atoms with Crippen LogP contribution in [-0.4, -0.2) is 26.4 Å². The third-order valence-electron chi connectivity index (χ3n) is 2.01. The molecule has 0 heterocycles. The minimum Gasteiger partial charge on any atom is -0.469 e. The van der Waals surface area contributed by atoms with Crippen molar-refractivity contribution in [1.29, 1.82) is 0 Å². The van der Waals surface area contributed by atoms with E-state index in [0.29, 0.717) is 5.30 Å². The summed E-state index contributed by atoms with van der Waals surface area (Å²) in [6.07, 6.45) is -0.232. The molecule has 0 aromatic heterocycles. The molecular formula is C10H13O4P. The minimum absolute atomic E-state index is 0.232. The number of hydrogen-bond acceptors (Lipinski definition) is 4. The van der Waals surface area contributed by atoms with Crippen molar-refractivity contribution in [1.82, 2.24) is 0 Å². The van der Waals surface area contributed by atoms with E-state index in [0.717, 1.165) is 0 Å². The third kappa shape index (κ3) is 2.91. The summed E-state index contributed by atoms with van der Waals surface area (Å²) in [4.78, 5) is 11.1. The van der Waals surface area contributed by atoms with Crippen LogP contribution in [0.3, 0.4) is 0 Å². The van der Waals surface area contributed by atoms with Crippen LogP contribution in [0.1, 0.15) is 0 Å². The Morgan fingerprint density at radius 2 is 1.87 bits per heavy atom. The van der Waals surface area contributed by atoms with E-state index in [2.05, 4.69) is 4.74 Å². The predicted molar refractivity (Wildman–Crippen MR) is 57.6 cm³/mol. The second-order valence-electron chi connectivity index (χ2n) is 2.93. The average molecular weight is 228 g/mol. The van der Waals surface area contributed by atoms with Crippen molar-refractivity contribution in [2.75, 3.05) is 20.4 Å². The molecule has 0 radical (unpaired) electrons. The van der Waals surface area contributed by atoms with Crippen LogP contribution in [0.5, 0.6) is 0 Å². The van der Waals surface area contributed by atoms with Crippen molar-refractivity contribution in [3.63, 3.8) is 0 Å². The van der Waals surface area contributed by atoms with E-state index in [1.165, 1.54) is 14.2 Å². The van der Waals surface area contributed by atoms with Crippen LogP contribution < -0.4 is 5.30 Å². The maximum Gasteiger partial charge on any atom is 0.315 e. The van der Waals surface area contributed by atoms with Crippen LogP contribution in [0.15, 0.2) is 30.3 Å². The molecule has 0 N–H and O–H groups in total. The third-order valence-corrected chi connectivity index (χ3v) is 4.36. The van der Waals surface area contributed by atoms with E-state index < -0.39 is 13.3 Å². The molecule has 0 saturated carbocycles. The minimum atomic E-state index is -3.10. The standard InChI is InChI=1S/C10H13O4P/c1-13-10(11)8-15(12,14-2)9-6-4-3-5-7-9/h3-7H,8H2,1-2H3. The smallest absolute Gasteiger partial charge is 0.315 e. The van der Waals surface area contributed by atoms with Gasteiger partial charge in [0, 0.05) is 12.4 Å². The van der Waals surface area contributed by atoms with E-state index in [-0.39, 0.29) is 6.16 Å². The zero-order valence-corrected chi connectivity index (χ0v) is 9.57. The molecular weight excluding hydrogens is 215 g/mol. The lowest BCUT2D eigenvalue weighted by Crippen LogP contribution is -2.16. The predicted octanol–water partition coefficient (Wildman–Crippen LogP) is 1.41. The largest absolute Gasteiger partial charge is 0.469 e. The van der Waals surface area contributed by atoms with Gasteiger partial charge in [-0.1, -0.05) is 18.2 Å². The van der Waals surface area contributed by atoms with Crippen LogP contribution in [0.2, 0.25) is 0 Å². The van der Waals surface area contributed by atoms with Gasteiger partial charge in [-0.15, -0.1) is 0 Å². The van der Waals surface area contributed by atoms with Gasteiger partial charge in [0.1, 0.15) is 6.16 Å². The summed E-state index contributed by atoms with van der Waals surface area (Å²) in [6.45, 7) is 0. The lowest BCUT2D eigenvalue weighted by molar-refractivity contribution is -0.137. The van der Waals surface area contributed by atoms with Gasteiger partial charge >= 0.3 is 5.97 Å². The summed E-state index contributed by atoms with van der Waals surface area (Å²) in [6, 6.07) is 8.65. The quantitative estimate of drug-likeness (QED) is 0.577. The van der Waals surface area contributed by atoms with Crippen molar-refractivity contribution in [3.8, 4) is 0 Å². The Morgan fingerprint density at radius 3 is 2.33 bits per heavy atom. The summed E-state index contributed by atoms with van der Waals surface area (Å²) in [5.41, 5.74) is 0. The summed E-state index contributed by atoms with van der Waals surface area (Å²) in [7, 11) is -0.512. The molecule has 1 aromatic carbocycles. The molecule has 82 valence electrons. The van der Waals surface area contributed by atoms with Crippen molar-refractivity contribution in [3.05, 3.63) is 30.3 Å². The molecule has 0 amide bonds. The molecule has 15 heavy (non-hydrogen) atoms. The average Bonchev–Trinajstić information content (AvgIpc) is 2.30. The van der Waals surface area contributed by atoms with Crippen LogP contribution in [0.4, 0.5) is 0 Å². The molecule has 1 unspecified atom stereocenters. The number of carbonyl (C=O) groups excluding carboxylic acids is 1. The topological polar surface area (TPSA) is 52.6 Å². The fourth-order valence-corrected chi connectivity index (χ4v) is 2.77. The number of esters is 1. The molecule has 0 spiro atoms. The Morgan fingerprint density at radius 1 is 1.27 bits per heavy atom. The number of hydrogen-bond donors (Lipinski definition) is 0. The first kappa shape index (κ1) is 12.0. The maximum absolute atomic E-state index is 12.2. The second-order valence-corrected chi connectivity index (χ2v) is 5.47. The van der Waals surface area contributed by atoms with Crippen molar-refractivity contribution in [2.45, 2.75) is 0 Å². The van der Waals surface area contributed by atoms with Crippen molar-refractivity contribution < 1.29 is 18.6 Å². The number of methoxy groups -OCH3 is 1. The Labute approximate surface area is 88.7 Å². The highest BCUT2D eigenvalue weighted by atomic mass is 31.2. The summed E-state index contributed by atoms with van der Waals surface area (Å²) in [5.74, 6) is -0.538. The lowest BCUT2D eigenvalue weighted by atomic mass is 10.4. The highest BCUT2D eigenvalue weighted by molar-refractivity contribution is 7.67. The molecule has 0 aliphatic rings. The van der Waals surface area contributed by atoms with Crippen LogP contribution >= 0.6 is 7.37 Å². The molecule has 1 atom stereocenters. The van der Waals surface area contributed by atoms with E-state index >= 15 is 0 Å². The van der Waals surface area contributed by atoms with Crippen LogP contribution in [-0.2, 0) is 18.6 Å². The van der Waals surface area contributed by atoms with E-state index in [1.54, 1.807) is 24.3 Å². The molecule has 5 heteroatoms. The van der Waals surface area contributed by atoms with Gasteiger partial charge in [0.2, 0.25) is 7.37 Å². The lowest BCUT2D eigenvalue weighted by Gasteiger charge is -2.14. The van der Waals surface area contributed by atoms with E-state index in [1.807, 2.05) is 6.07 Å². The van der Waals surface area contributed by atoms with Gasteiger partial charge in [-0.05, 0) is 12.1 Å². The van der Waals surface area contributed by atoms with E-state index in [4.69, 9.17) is 4.52 Å². The number of rotatable bonds is 4. The van der Waals surface area contributed by atoms with Crippen molar-refractivity contribution in [2.24, 2.45) is 0 Å². The van der Waals surface area contributed by atoms with E-state index in [9.17, 15) is 9.36 Å². The SMILES string of the molecule is COC(=O)CP(=O)(OC)c1ccccc1. The fraction of sp³-hybridized carbons (Fsp3) is 0.300. The maximum atomic E-state index is 12.2. The Balaban J connectivity index is 2.96. The first-order valence-electron chi connectivity index (χ1n) is 4.39. The zero-order valence-electron chi connectivity index (χ0n) is 8.67. The van der Waals surface area contributed by atoms with Gasteiger partial charge < -0.3 is 9.26 Å². The number of benzene rings is 1. The number of ether oxygens (including phenoxy) is 1. The van der Waals surface area contributed by atoms with Crippen molar-refractivity contribution >= 4 is 18.6 Å². The molecule has 0 aliphatic carbocycles. The molecule has 0 aliphatic heterocycles. The Hall–Kier alpha value is -1.12. The molecule has 0 fully saturated rings. The monoisotopic (exact) mass is 228 g/mol. The second kappa shape index (κ2) is 5.10. The van der Waals surface area contributed by atoms with Crippen LogP contribution in [0, 0.1) is 0 Å². The Kier molecular flexibility index (Phi) is 4.06. The van der Waals surface area contributed by atoms with Gasteiger partial charge in [0.15, 0.2) is 0 Å². The van der Waals surface area contributed by atoms with Gasteiger partial charge in [-0.2, -0.15) is 0 Å². The molecule has 0 saturated heterocycles. The van der Waals surface area contributed by atoms with Gasteiger partial charge in [-0.3, -0.25) is 9.36 Å². The first-order valence-corrected chi connectivity index (χ1v) is 6.20. The zero-order chi connectivity index (χ0) is 11.3. The van der Waals surface area contributed by atoms with Gasteiger partial charge in [-0.25, -0.2) is 0 Å². The Bertz CT molecular complexity index is 374. The molecule has 1 aromatic rings. The highest BCUT2D eigenvalue weighted by Crippen LogP contribution is 2.44. The molecule has 4 nitrogen and oxygen atoms in total. The fourth-order valence-electron chi connectivity index (χ4n) is 1.15. The molecule has 1 rings (SSSR count). The molecule has 0 bridgehead atoms. The van der Waals surface area contributed by atoms with Gasteiger partial charge in [0.25, 0.3) is 0 Å². The van der Waals surface area contributed by atoms with Crippen LogP contribution in [0.25, 0.3) is 0 Å².